The fourth-order valence-electron chi connectivity index (χ4n) is 1.90. The summed E-state index contributed by atoms with van der Waals surface area (Å²) in [5, 5.41) is 8.70. The zero-order chi connectivity index (χ0) is 15.9. The first kappa shape index (κ1) is 15.6. The third-order valence-electron chi connectivity index (χ3n) is 3.10. The molecular weight excluding hydrogens is 282 g/mol. The molecule has 0 aliphatic heterocycles. The molecule has 1 amide bonds. The zero-order valence-corrected chi connectivity index (χ0v) is 12.8. The number of hydrogen-bond acceptors (Lipinski definition) is 6. The molecular formula is C15H19N5O2. The Kier molecular flexibility index (Phi) is 5.13. The van der Waals surface area contributed by atoms with Crippen LogP contribution >= 0.6 is 0 Å². The van der Waals surface area contributed by atoms with E-state index in [-0.39, 0.29) is 5.91 Å². The van der Waals surface area contributed by atoms with Gasteiger partial charge in [-0.1, -0.05) is 0 Å². The maximum absolute atomic E-state index is 11.7. The molecule has 116 valence electrons. The van der Waals surface area contributed by atoms with Crippen LogP contribution in [0.4, 0.5) is 11.6 Å². The molecule has 0 saturated carbocycles. The van der Waals surface area contributed by atoms with E-state index in [1.165, 1.54) is 0 Å². The van der Waals surface area contributed by atoms with Gasteiger partial charge in [-0.15, -0.1) is 0 Å². The van der Waals surface area contributed by atoms with E-state index in [2.05, 4.69) is 25.9 Å². The number of rotatable bonds is 6. The van der Waals surface area contributed by atoms with Gasteiger partial charge in [0.2, 0.25) is 5.95 Å². The van der Waals surface area contributed by atoms with Gasteiger partial charge in [-0.2, -0.15) is 0 Å². The Labute approximate surface area is 129 Å². The summed E-state index contributed by atoms with van der Waals surface area (Å²) in [4.78, 5) is 20.0. The molecule has 7 nitrogen and oxygen atoms in total. The second-order valence-corrected chi connectivity index (χ2v) is 4.51. The van der Waals surface area contributed by atoms with Crippen molar-refractivity contribution in [2.75, 3.05) is 31.8 Å². The summed E-state index contributed by atoms with van der Waals surface area (Å²) in [6.07, 6.45) is 3.47. The first-order chi connectivity index (χ1) is 10.7. The van der Waals surface area contributed by atoms with Gasteiger partial charge in [0.1, 0.15) is 5.75 Å². The van der Waals surface area contributed by atoms with Gasteiger partial charge in [0.25, 0.3) is 5.91 Å². The summed E-state index contributed by atoms with van der Waals surface area (Å²) in [6.45, 7) is 0.525. The van der Waals surface area contributed by atoms with Crippen molar-refractivity contribution in [1.29, 1.82) is 0 Å². The van der Waals surface area contributed by atoms with Crippen LogP contribution in [-0.4, -0.2) is 37.1 Å². The summed E-state index contributed by atoms with van der Waals surface area (Å²) in [6, 6.07) is 5.22. The van der Waals surface area contributed by atoms with Gasteiger partial charge in [-0.05, 0) is 18.2 Å². The number of methoxy groups -OCH3 is 1. The summed E-state index contributed by atoms with van der Waals surface area (Å²) >= 11 is 0. The highest BCUT2D eigenvalue weighted by Gasteiger charge is 2.09. The molecule has 1 aromatic carbocycles. The minimum absolute atomic E-state index is 0.146. The lowest BCUT2D eigenvalue weighted by atomic mass is 10.1. The predicted octanol–water partition coefficient (Wildman–Crippen LogP) is 1.50. The van der Waals surface area contributed by atoms with E-state index >= 15 is 0 Å². The van der Waals surface area contributed by atoms with E-state index in [0.717, 1.165) is 11.3 Å². The number of anilines is 2. The normalized spacial score (nSPS) is 9.95. The standard InChI is InChI=1S/C15H19N5O2/c1-16-14(21)11-4-5-13(22-3)12(6-11)18-7-10-8-19-15(17-2)20-9-10/h4-6,8-9,18H,7H2,1-3H3,(H,16,21)(H,17,19,20). The Hall–Kier alpha value is -2.83. The van der Waals surface area contributed by atoms with Crippen LogP contribution in [0.25, 0.3) is 0 Å². The zero-order valence-electron chi connectivity index (χ0n) is 12.8. The Bertz CT molecular complexity index is 643. The fraction of sp³-hybridized carbons (Fsp3) is 0.267. The number of amides is 1. The monoisotopic (exact) mass is 301 g/mol. The van der Waals surface area contributed by atoms with E-state index in [0.29, 0.717) is 23.8 Å². The maximum Gasteiger partial charge on any atom is 0.251 e. The highest BCUT2D eigenvalue weighted by Crippen LogP contribution is 2.26. The number of aromatic nitrogens is 2. The van der Waals surface area contributed by atoms with Gasteiger partial charge >= 0.3 is 0 Å². The lowest BCUT2D eigenvalue weighted by Gasteiger charge is -2.12. The van der Waals surface area contributed by atoms with E-state index in [1.54, 1.807) is 51.8 Å². The predicted molar refractivity (Wildman–Crippen MR) is 85.3 cm³/mol. The molecule has 0 atom stereocenters. The molecule has 1 aromatic heterocycles. The van der Waals surface area contributed by atoms with E-state index in [1.807, 2.05) is 0 Å². The van der Waals surface area contributed by atoms with Crippen molar-refractivity contribution in [1.82, 2.24) is 15.3 Å². The van der Waals surface area contributed by atoms with Crippen molar-refractivity contribution in [3.8, 4) is 5.75 Å². The molecule has 0 saturated heterocycles. The smallest absolute Gasteiger partial charge is 0.251 e. The lowest BCUT2D eigenvalue weighted by Crippen LogP contribution is -2.18. The highest BCUT2D eigenvalue weighted by atomic mass is 16.5. The minimum Gasteiger partial charge on any atom is -0.495 e. The molecule has 0 fully saturated rings. The molecule has 7 heteroatoms. The second kappa shape index (κ2) is 7.26. The van der Waals surface area contributed by atoms with Crippen molar-refractivity contribution in [2.45, 2.75) is 6.54 Å². The number of ether oxygens (including phenoxy) is 1. The third kappa shape index (κ3) is 3.63. The molecule has 0 spiro atoms. The molecule has 1 heterocycles. The van der Waals surface area contributed by atoms with Crippen molar-refractivity contribution >= 4 is 17.5 Å². The SMILES string of the molecule is CNC(=O)c1ccc(OC)c(NCc2cnc(NC)nc2)c1. The molecule has 0 aliphatic carbocycles. The number of carbonyl (C=O) groups is 1. The van der Waals surface area contributed by atoms with E-state index in [9.17, 15) is 4.79 Å². The topological polar surface area (TPSA) is 88.2 Å². The summed E-state index contributed by atoms with van der Waals surface area (Å²) in [5.74, 6) is 1.09. The Morgan fingerprint density at radius 1 is 1.23 bits per heavy atom. The van der Waals surface area contributed by atoms with Gasteiger partial charge in [0, 0.05) is 44.2 Å². The number of benzene rings is 1. The van der Waals surface area contributed by atoms with E-state index in [4.69, 9.17) is 4.74 Å². The lowest BCUT2D eigenvalue weighted by molar-refractivity contribution is 0.0963. The number of carbonyl (C=O) groups excluding carboxylic acids is 1. The van der Waals surface area contributed by atoms with Crippen LogP contribution in [-0.2, 0) is 6.54 Å². The van der Waals surface area contributed by atoms with Crippen LogP contribution in [0, 0.1) is 0 Å². The molecule has 0 unspecified atom stereocenters. The van der Waals surface area contributed by atoms with Crippen molar-refractivity contribution in [3.63, 3.8) is 0 Å². The molecule has 2 aromatic rings. The van der Waals surface area contributed by atoms with Crippen LogP contribution in [0.15, 0.2) is 30.6 Å². The highest BCUT2D eigenvalue weighted by molar-refractivity contribution is 5.95. The quantitative estimate of drug-likeness (QED) is 0.749. The van der Waals surface area contributed by atoms with Crippen molar-refractivity contribution in [3.05, 3.63) is 41.7 Å². The van der Waals surface area contributed by atoms with Crippen LogP contribution in [0.3, 0.4) is 0 Å². The van der Waals surface area contributed by atoms with Crippen molar-refractivity contribution < 1.29 is 9.53 Å². The number of hydrogen-bond donors (Lipinski definition) is 3. The van der Waals surface area contributed by atoms with Crippen LogP contribution in [0.1, 0.15) is 15.9 Å². The molecule has 22 heavy (non-hydrogen) atoms. The average molecular weight is 301 g/mol. The Morgan fingerprint density at radius 3 is 2.55 bits per heavy atom. The van der Waals surface area contributed by atoms with Gasteiger partial charge < -0.3 is 20.7 Å². The van der Waals surface area contributed by atoms with Crippen molar-refractivity contribution in [2.24, 2.45) is 0 Å². The van der Waals surface area contributed by atoms with Gasteiger partial charge in [-0.3, -0.25) is 4.79 Å². The average Bonchev–Trinajstić information content (AvgIpc) is 2.59. The van der Waals surface area contributed by atoms with Crippen LogP contribution in [0.5, 0.6) is 5.75 Å². The van der Waals surface area contributed by atoms with Gasteiger partial charge in [-0.25, -0.2) is 9.97 Å². The molecule has 0 bridgehead atoms. The van der Waals surface area contributed by atoms with Crippen LogP contribution in [0.2, 0.25) is 0 Å². The summed E-state index contributed by atoms with van der Waals surface area (Å²) in [7, 11) is 4.95. The first-order valence-corrected chi connectivity index (χ1v) is 6.80. The minimum atomic E-state index is -0.146. The maximum atomic E-state index is 11.7. The van der Waals surface area contributed by atoms with Gasteiger partial charge in [0.15, 0.2) is 0 Å². The number of nitrogens with one attached hydrogen (secondary N) is 3. The molecule has 3 N–H and O–H groups in total. The van der Waals surface area contributed by atoms with Gasteiger partial charge in [0.05, 0.1) is 12.8 Å². The Morgan fingerprint density at radius 2 is 1.95 bits per heavy atom. The number of nitrogens with zero attached hydrogens (tertiary/aromatic N) is 2. The summed E-state index contributed by atoms with van der Waals surface area (Å²) < 4.78 is 5.30. The molecule has 2 rings (SSSR count). The molecule has 0 radical (unpaired) electrons. The Balaban J connectivity index is 2.14. The molecule has 0 aliphatic rings. The first-order valence-electron chi connectivity index (χ1n) is 6.80. The third-order valence-corrected chi connectivity index (χ3v) is 3.10. The largest absolute Gasteiger partial charge is 0.495 e. The van der Waals surface area contributed by atoms with E-state index < -0.39 is 0 Å². The fourth-order valence-corrected chi connectivity index (χ4v) is 1.90. The second-order valence-electron chi connectivity index (χ2n) is 4.51. The summed E-state index contributed by atoms with van der Waals surface area (Å²) in [5.41, 5.74) is 2.22. The van der Waals surface area contributed by atoms with Crippen LogP contribution < -0.4 is 20.7 Å².